The van der Waals surface area contributed by atoms with Gasteiger partial charge in [-0.25, -0.2) is 0 Å². The lowest BCUT2D eigenvalue weighted by molar-refractivity contribution is -0.122. The Kier molecular flexibility index (Phi) is 5.29. The smallest absolute Gasteiger partial charge is 0.242 e. The molecule has 1 aliphatic heterocycles. The van der Waals surface area contributed by atoms with Gasteiger partial charge in [0, 0.05) is 19.0 Å². The van der Waals surface area contributed by atoms with E-state index < -0.39 is 0 Å². The molecule has 0 aromatic heterocycles. The van der Waals surface area contributed by atoms with Crippen LogP contribution in [0.5, 0.6) is 0 Å². The van der Waals surface area contributed by atoms with Crippen molar-refractivity contribution in [1.82, 2.24) is 10.6 Å². The summed E-state index contributed by atoms with van der Waals surface area (Å²) in [5, 5.41) is 6.09. The highest BCUT2D eigenvalue weighted by Gasteiger charge is 2.15. The van der Waals surface area contributed by atoms with E-state index in [0.29, 0.717) is 0 Å². The molecule has 1 heterocycles. The zero-order valence-electron chi connectivity index (χ0n) is 10.5. The van der Waals surface area contributed by atoms with E-state index in [0.717, 1.165) is 25.2 Å². The minimum atomic E-state index is -0.195. The van der Waals surface area contributed by atoms with Gasteiger partial charge in [0.25, 0.3) is 0 Å². The molecule has 1 aliphatic rings. The van der Waals surface area contributed by atoms with E-state index in [1.165, 1.54) is 12.8 Å². The van der Waals surface area contributed by atoms with Gasteiger partial charge in [-0.2, -0.15) is 0 Å². The van der Waals surface area contributed by atoms with Crippen molar-refractivity contribution >= 4 is 11.7 Å². The van der Waals surface area contributed by atoms with E-state index in [1.807, 2.05) is 20.8 Å². The highest BCUT2D eigenvalue weighted by molar-refractivity contribution is 5.89. The standard InChI is InChI=1S/C12H23N3O/c1-9(2)14-12(16)10(3)15-11-7-5-4-6-8-13-11/h9-10H,4-8H2,1-3H3,(H,13,15)(H,14,16). The van der Waals surface area contributed by atoms with Crippen LogP contribution in [0.1, 0.15) is 46.5 Å². The number of amides is 1. The highest BCUT2D eigenvalue weighted by atomic mass is 16.2. The summed E-state index contributed by atoms with van der Waals surface area (Å²) in [5.74, 6) is 1.03. The molecule has 1 rings (SSSR count). The molecule has 92 valence electrons. The fourth-order valence-electron chi connectivity index (χ4n) is 1.72. The lowest BCUT2D eigenvalue weighted by Gasteiger charge is -2.17. The quantitative estimate of drug-likeness (QED) is 0.764. The maximum absolute atomic E-state index is 11.7. The summed E-state index contributed by atoms with van der Waals surface area (Å²) in [6.07, 6.45) is 4.54. The second kappa shape index (κ2) is 6.51. The molecule has 4 heteroatoms. The molecule has 0 spiro atoms. The molecule has 0 saturated heterocycles. The fourth-order valence-corrected chi connectivity index (χ4v) is 1.72. The summed E-state index contributed by atoms with van der Waals surface area (Å²) in [6.45, 7) is 6.70. The number of hydrogen-bond acceptors (Lipinski definition) is 3. The molecule has 0 bridgehead atoms. The summed E-state index contributed by atoms with van der Waals surface area (Å²) in [4.78, 5) is 16.1. The van der Waals surface area contributed by atoms with Crippen molar-refractivity contribution in [1.29, 1.82) is 0 Å². The maximum atomic E-state index is 11.7. The van der Waals surface area contributed by atoms with Gasteiger partial charge in [-0.15, -0.1) is 0 Å². The minimum Gasteiger partial charge on any atom is -0.362 e. The Balaban J connectivity index is 2.40. The van der Waals surface area contributed by atoms with E-state index in [4.69, 9.17) is 0 Å². The van der Waals surface area contributed by atoms with E-state index in [9.17, 15) is 4.79 Å². The SMILES string of the molecule is CC(C)NC(=O)C(C)NC1=NCCCCC1. The van der Waals surface area contributed by atoms with Gasteiger partial charge in [0.2, 0.25) is 5.91 Å². The van der Waals surface area contributed by atoms with E-state index in [-0.39, 0.29) is 18.0 Å². The van der Waals surface area contributed by atoms with Gasteiger partial charge >= 0.3 is 0 Å². The lowest BCUT2D eigenvalue weighted by Crippen LogP contribution is -2.46. The Morgan fingerprint density at radius 1 is 1.25 bits per heavy atom. The molecule has 0 aliphatic carbocycles. The highest BCUT2D eigenvalue weighted by Crippen LogP contribution is 2.06. The Labute approximate surface area is 97.9 Å². The summed E-state index contributed by atoms with van der Waals surface area (Å²) >= 11 is 0. The number of rotatable bonds is 3. The first-order valence-electron chi connectivity index (χ1n) is 6.20. The van der Waals surface area contributed by atoms with Crippen molar-refractivity contribution in [3.63, 3.8) is 0 Å². The summed E-state index contributed by atoms with van der Waals surface area (Å²) in [5.41, 5.74) is 0. The van der Waals surface area contributed by atoms with Gasteiger partial charge in [0.15, 0.2) is 0 Å². The molecule has 0 saturated carbocycles. The number of hydrogen-bond donors (Lipinski definition) is 2. The van der Waals surface area contributed by atoms with Crippen molar-refractivity contribution in [2.75, 3.05) is 6.54 Å². The molecule has 16 heavy (non-hydrogen) atoms. The Morgan fingerprint density at radius 3 is 2.69 bits per heavy atom. The van der Waals surface area contributed by atoms with Gasteiger partial charge in [-0.1, -0.05) is 6.42 Å². The minimum absolute atomic E-state index is 0.0435. The van der Waals surface area contributed by atoms with Crippen LogP contribution in [0.4, 0.5) is 0 Å². The number of carbonyl (C=O) groups is 1. The van der Waals surface area contributed by atoms with Gasteiger partial charge < -0.3 is 10.6 Å². The van der Waals surface area contributed by atoms with E-state index in [1.54, 1.807) is 0 Å². The molecule has 1 unspecified atom stereocenters. The van der Waals surface area contributed by atoms with Crippen molar-refractivity contribution in [2.45, 2.75) is 58.5 Å². The first-order valence-corrected chi connectivity index (χ1v) is 6.20. The van der Waals surface area contributed by atoms with E-state index in [2.05, 4.69) is 15.6 Å². The monoisotopic (exact) mass is 225 g/mol. The maximum Gasteiger partial charge on any atom is 0.242 e. The molecule has 2 N–H and O–H groups in total. The largest absolute Gasteiger partial charge is 0.362 e. The lowest BCUT2D eigenvalue weighted by atomic mass is 10.2. The number of carbonyl (C=O) groups excluding carboxylic acids is 1. The third-order valence-electron chi connectivity index (χ3n) is 2.58. The van der Waals surface area contributed by atoms with Crippen LogP contribution in [0.15, 0.2) is 4.99 Å². The average Bonchev–Trinajstić information content (AvgIpc) is 2.45. The van der Waals surface area contributed by atoms with Crippen LogP contribution in [0.3, 0.4) is 0 Å². The number of aliphatic imine (C=N–C) groups is 1. The number of nitrogens with one attached hydrogen (secondary N) is 2. The topological polar surface area (TPSA) is 53.5 Å². The van der Waals surface area contributed by atoms with Gasteiger partial charge in [0.05, 0.1) is 5.84 Å². The van der Waals surface area contributed by atoms with Gasteiger partial charge in [0.1, 0.15) is 6.04 Å². The zero-order chi connectivity index (χ0) is 12.0. The Hall–Kier alpha value is -1.06. The molecular weight excluding hydrogens is 202 g/mol. The number of nitrogens with zero attached hydrogens (tertiary/aromatic N) is 1. The van der Waals surface area contributed by atoms with Gasteiger partial charge in [-0.05, 0) is 33.6 Å². The summed E-state index contributed by atoms with van der Waals surface area (Å²) in [6, 6.07) is -0.00734. The Bertz CT molecular complexity index is 261. The fraction of sp³-hybridized carbons (Fsp3) is 0.833. The first kappa shape index (κ1) is 13.0. The van der Waals surface area contributed by atoms with Crippen LogP contribution in [0, 0.1) is 0 Å². The molecule has 1 atom stereocenters. The number of amidine groups is 1. The van der Waals surface area contributed by atoms with Crippen molar-refractivity contribution in [3.8, 4) is 0 Å². The van der Waals surface area contributed by atoms with Crippen molar-refractivity contribution in [3.05, 3.63) is 0 Å². The second-order valence-electron chi connectivity index (χ2n) is 4.67. The molecule has 1 amide bonds. The van der Waals surface area contributed by atoms with Crippen LogP contribution < -0.4 is 10.6 Å². The van der Waals surface area contributed by atoms with E-state index >= 15 is 0 Å². The Morgan fingerprint density at radius 2 is 2.00 bits per heavy atom. The zero-order valence-corrected chi connectivity index (χ0v) is 10.5. The van der Waals surface area contributed by atoms with Crippen LogP contribution in [0.2, 0.25) is 0 Å². The second-order valence-corrected chi connectivity index (χ2v) is 4.67. The van der Waals surface area contributed by atoms with Crippen LogP contribution in [0.25, 0.3) is 0 Å². The molecule has 0 fully saturated rings. The predicted octanol–water partition coefficient (Wildman–Crippen LogP) is 1.46. The van der Waals surface area contributed by atoms with Crippen molar-refractivity contribution in [2.24, 2.45) is 4.99 Å². The third-order valence-corrected chi connectivity index (χ3v) is 2.58. The average molecular weight is 225 g/mol. The predicted molar refractivity (Wildman–Crippen MR) is 66.6 cm³/mol. The summed E-state index contributed by atoms with van der Waals surface area (Å²) < 4.78 is 0. The summed E-state index contributed by atoms with van der Waals surface area (Å²) in [7, 11) is 0. The normalized spacial score (nSPS) is 18.6. The molecule has 0 aromatic carbocycles. The molecule has 0 radical (unpaired) electrons. The molecular formula is C12H23N3O. The molecule has 4 nitrogen and oxygen atoms in total. The molecule has 0 aromatic rings. The first-order chi connectivity index (χ1) is 7.59. The van der Waals surface area contributed by atoms with Crippen molar-refractivity contribution < 1.29 is 4.79 Å². The van der Waals surface area contributed by atoms with Crippen LogP contribution >= 0.6 is 0 Å². The van der Waals surface area contributed by atoms with Crippen LogP contribution in [-0.2, 0) is 4.79 Å². The third kappa shape index (κ3) is 4.64. The van der Waals surface area contributed by atoms with Gasteiger partial charge in [-0.3, -0.25) is 9.79 Å². The van der Waals surface area contributed by atoms with Crippen LogP contribution in [-0.4, -0.2) is 30.4 Å².